The predicted molar refractivity (Wildman–Crippen MR) is 76.6 cm³/mol. The third-order valence-electron chi connectivity index (χ3n) is 3.71. The number of rotatable bonds is 1. The molecule has 0 bridgehead atoms. The maximum absolute atomic E-state index is 12.7. The molecule has 0 radical (unpaired) electrons. The zero-order valence-electron chi connectivity index (χ0n) is 11.4. The Morgan fingerprint density at radius 1 is 1.25 bits per heavy atom. The second-order valence-corrected chi connectivity index (χ2v) is 5.06. The first-order valence-electron chi connectivity index (χ1n) is 6.80. The minimum atomic E-state index is -0.00329. The van der Waals surface area contributed by atoms with Gasteiger partial charge in [0.2, 0.25) is 5.91 Å². The van der Waals surface area contributed by atoms with Gasteiger partial charge in [0.25, 0.3) is 5.91 Å². The Morgan fingerprint density at radius 2 is 2.05 bits per heavy atom. The van der Waals surface area contributed by atoms with Crippen LogP contribution in [0.25, 0.3) is 10.9 Å². The Balaban J connectivity index is 1.96. The van der Waals surface area contributed by atoms with Gasteiger partial charge in [0, 0.05) is 42.7 Å². The number of nitrogens with one attached hydrogen (secondary N) is 2. The summed E-state index contributed by atoms with van der Waals surface area (Å²) < 4.78 is 0. The van der Waals surface area contributed by atoms with Gasteiger partial charge in [-0.05, 0) is 13.0 Å². The van der Waals surface area contributed by atoms with E-state index in [1.165, 1.54) is 0 Å². The Kier molecular flexibility index (Phi) is 3.18. The van der Waals surface area contributed by atoms with Crippen LogP contribution in [0.5, 0.6) is 0 Å². The molecule has 0 atom stereocenters. The van der Waals surface area contributed by atoms with Crippen LogP contribution in [0, 0.1) is 6.92 Å². The number of nitrogens with zero attached hydrogens (tertiary/aromatic N) is 1. The minimum absolute atomic E-state index is 0.00329. The Bertz CT molecular complexity index is 675. The van der Waals surface area contributed by atoms with Gasteiger partial charge < -0.3 is 15.2 Å². The van der Waals surface area contributed by atoms with Gasteiger partial charge in [-0.25, -0.2) is 0 Å². The van der Waals surface area contributed by atoms with E-state index in [0.29, 0.717) is 26.1 Å². The van der Waals surface area contributed by atoms with Crippen LogP contribution in [0.2, 0.25) is 0 Å². The summed E-state index contributed by atoms with van der Waals surface area (Å²) in [5.74, 6) is 0.00685. The van der Waals surface area contributed by atoms with Crippen molar-refractivity contribution in [1.29, 1.82) is 0 Å². The van der Waals surface area contributed by atoms with Crippen molar-refractivity contribution in [3.05, 3.63) is 35.5 Å². The van der Waals surface area contributed by atoms with Crippen molar-refractivity contribution >= 4 is 22.7 Å². The highest BCUT2D eigenvalue weighted by Gasteiger charge is 2.23. The van der Waals surface area contributed by atoms with Crippen molar-refractivity contribution in [2.45, 2.75) is 13.3 Å². The van der Waals surface area contributed by atoms with Crippen LogP contribution in [0.4, 0.5) is 0 Å². The number of benzene rings is 1. The molecule has 1 aliphatic rings. The van der Waals surface area contributed by atoms with Gasteiger partial charge in [-0.15, -0.1) is 0 Å². The number of fused-ring (bicyclic) bond motifs is 1. The van der Waals surface area contributed by atoms with Gasteiger partial charge >= 0.3 is 0 Å². The lowest BCUT2D eigenvalue weighted by atomic mass is 10.1. The van der Waals surface area contributed by atoms with Gasteiger partial charge in [0.1, 0.15) is 0 Å². The van der Waals surface area contributed by atoms with Crippen LogP contribution >= 0.6 is 0 Å². The molecular weight excluding hydrogens is 254 g/mol. The van der Waals surface area contributed by atoms with Crippen LogP contribution in [0.15, 0.2) is 24.3 Å². The topological polar surface area (TPSA) is 65.2 Å². The second-order valence-electron chi connectivity index (χ2n) is 5.06. The number of amides is 2. The lowest BCUT2D eigenvalue weighted by Gasteiger charge is -2.19. The van der Waals surface area contributed by atoms with Crippen LogP contribution in [-0.4, -0.2) is 41.3 Å². The average Bonchev–Trinajstić information content (AvgIpc) is 2.61. The van der Waals surface area contributed by atoms with Crippen LogP contribution < -0.4 is 5.32 Å². The summed E-state index contributed by atoms with van der Waals surface area (Å²) >= 11 is 0. The third-order valence-corrected chi connectivity index (χ3v) is 3.71. The molecule has 2 aromatic rings. The van der Waals surface area contributed by atoms with E-state index < -0.39 is 0 Å². The SMILES string of the molecule is Cc1[nH]c2ccccc2c1C(=O)N1CCNC(=O)CC1. The normalized spacial score (nSPS) is 16.1. The van der Waals surface area contributed by atoms with E-state index >= 15 is 0 Å². The van der Waals surface area contributed by atoms with E-state index in [2.05, 4.69) is 10.3 Å². The fraction of sp³-hybridized carbons (Fsp3) is 0.333. The Labute approximate surface area is 117 Å². The van der Waals surface area contributed by atoms with Crippen LogP contribution in [0.1, 0.15) is 22.5 Å². The molecule has 2 heterocycles. The van der Waals surface area contributed by atoms with Crippen LogP contribution in [0.3, 0.4) is 0 Å². The molecule has 20 heavy (non-hydrogen) atoms. The first-order chi connectivity index (χ1) is 9.66. The number of hydrogen-bond acceptors (Lipinski definition) is 2. The highest BCUT2D eigenvalue weighted by molar-refractivity contribution is 6.08. The smallest absolute Gasteiger partial charge is 0.256 e. The van der Waals surface area contributed by atoms with Crippen molar-refractivity contribution in [2.24, 2.45) is 0 Å². The zero-order valence-corrected chi connectivity index (χ0v) is 11.4. The lowest BCUT2D eigenvalue weighted by molar-refractivity contribution is -0.120. The molecule has 0 spiro atoms. The van der Waals surface area contributed by atoms with Crippen LogP contribution in [-0.2, 0) is 4.79 Å². The largest absolute Gasteiger partial charge is 0.358 e. The number of H-pyrrole nitrogens is 1. The van der Waals surface area contributed by atoms with E-state index in [1.807, 2.05) is 31.2 Å². The number of para-hydroxylation sites is 1. The van der Waals surface area contributed by atoms with E-state index in [0.717, 1.165) is 22.2 Å². The molecule has 1 aromatic heterocycles. The number of aryl methyl sites for hydroxylation is 1. The molecule has 0 saturated carbocycles. The molecule has 1 fully saturated rings. The van der Waals surface area contributed by atoms with Gasteiger partial charge in [-0.3, -0.25) is 9.59 Å². The zero-order chi connectivity index (χ0) is 14.1. The van der Waals surface area contributed by atoms with Crippen molar-refractivity contribution in [1.82, 2.24) is 15.2 Å². The van der Waals surface area contributed by atoms with Gasteiger partial charge in [0.05, 0.1) is 5.56 Å². The van der Waals surface area contributed by atoms with Gasteiger partial charge in [0.15, 0.2) is 0 Å². The fourth-order valence-electron chi connectivity index (χ4n) is 2.68. The molecule has 1 aromatic carbocycles. The van der Waals surface area contributed by atoms with Crippen molar-refractivity contribution in [3.63, 3.8) is 0 Å². The molecular formula is C15H17N3O2. The van der Waals surface area contributed by atoms with Crippen molar-refractivity contribution in [3.8, 4) is 0 Å². The molecule has 3 rings (SSSR count). The maximum Gasteiger partial charge on any atom is 0.256 e. The number of aromatic nitrogens is 1. The number of hydrogen-bond donors (Lipinski definition) is 2. The molecule has 5 nitrogen and oxygen atoms in total. The summed E-state index contributed by atoms with van der Waals surface area (Å²) in [5, 5.41) is 3.73. The van der Waals surface area contributed by atoms with E-state index in [9.17, 15) is 9.59 Å². The summed E-state index contributed by atoms with van der Waals surface area (Å²) in [5.41, 5.74) is 2.56. The molecule has 2 amide bonds. The lowest BCUT2D eigenvalue weighted by Crippen LogP contribution is -2.34. The number of carbonyl (C=O) groups excluding carboxylic acids is 2. The molecule has 104 valence electrons. The third kappa shape index (κ3) is 2.15. The van der Waals surface area contributed by atoms with Crippen molar-refractivity contribution in [2.75, 3.05) is 19.6 Å². The summed E-state index contributed by atoms with van der Waals surface area (Å²) in [7, 11) is 0. The maximum atomic E-state index is 12.7. The molecule has 1 saturated heterocycles. The highest BCUT2D eigenvalue weighted by atomic mass is 16.2. The monoisotopic (exact) mass is 271 g/mol. The fourth-order valence-corrected chi connectivity index (χ4v) is 2.68. The Hall–Kier alpha value is -2.30. The molecule has 0 unspecified atom stereocenters. The molecule has 5 heteroatoms. The van der Waals surface area contributed by atoms with E-state index in [1.54, 1.807) is 4.90 Å². The summed E-state index contributed by atoms with van der Waals surface area (Å²) in [4.78, 5) is 29.1. The van der Waals surface area contributed by atoms with Gasteiger partial charge in [-0.1, -0.05) is 18.2 Å². The molecule has 1 aliphatic heterocycles. The number of aromatic amines is 1. The summed E-state index contributed by atoms with van der Waals surface area (Å²) in [6.45, 7) is 3.47. The average molecular weight is 271 g/mol. The quantitative estimate of drug-likeness (QED) is 0.824. The summed E-state index contributed by atoms with van der Waals surface area (Å²) in [6, 6.07) is 7.79. The van der Waals surface area contributed by atoms with E-state index in [-0.39, 0.29) is 11.8 Å². The standard InChI is InChI=1S/C15H17N3O2/c1-10-14(11-4-2-3-5-12(11)17-10)15(20)18-8-6-13(19)16-7-9-18/h2-5,17H,6-9H2,1H3,(H,16,19). The van der Waals surface area contributed by atoms with E-state index in [4.69, 9.17) is 0 Å². The van der Waals surface area contributed by atoms with Gasteiger partial charge in [-0.2, -0.15) is 0 Å². The minimum Gasteiger partial charge on any atom is -0.358 e. The number of carbonyl (C=O) groups is 2. The highest BCUT2D eigenvalue weighted by Crippen LogP contribution is 2.23. The molecule has 0 aliphatic carbocycles. The summed E-state index contributed by atoms with van der Waals surface area (Å²) in [6.07, 6.45) is 0.368. The first kappa shape index (κ1) is 12.7. The predicted octanol–water partition coefficient (Wildman–Crippen LogP) is 1.44. The Morgan fingerprint density at radius 3 is 2.90 bits per heavy atom. The second kappa shape index (κ2) is 5.00. The first-order valence-corrected chi connectivity index (χ1v) is 6.80. The molecule has 2 N–H and O–H groups in total. The van der Waals surface area contributed by atoms with Crippen molar-refractivity contribution < 1.29 is 9.59 Å².